The van der Waals surface area contributed by atoms with E-state index in [0.29, 0.717) is 30.0 Å². The molecule has 2 aromatic heterocycles. The molecule has 0 spiro atoms. The van der Waals surface area contributed by atoms with Gasteiger partial charge in [-0.1, -0.05) is 0 Å². The summed E-state index contributed by atoms with van der Waals surface area (Å²) in [6, 6.07) is 5.00. The quantitative estimate of drug-likeness (QED) is 0.744. The molecule has 0 unspecified atom stereocenters. The minimum Gasteiger partial charge on any atom is -0.467 e. The fourth-order valence-corrected chi connectivity index (χ4v) is 1.74. The van der Waals surface area contributed by atoms with Crippen LogP contribution in [0.2, 0.25) is 0 Å². The largest absolute Gasteiger partial charge is 0.467 e. The summed E-state index contributed by atoms with van der Waals surface area (Å²) in [4.78, 5) is 27.8. The number of rotatable bonds is 7. The van der Waals surface area contributed by atoms with E-state index >= 15 is 0 Å². The molecule has 0 atom stereocenters. The molecule has 2 aromatic rings. The Hall–Kier alpha value is -2.67. The molecule has 2 rings (SSSR count). The highest BCUT2D eigenvalue weighted by molar-refractivity contribution is 5.99. The van der Waals surface area contributed by atoms with E-state index in [4.69, 9.17) is 9.15 Å². The molecule has 7 heteroatoms. The molecule has 0 aliphatic heterocycles. The van der Waals surface area contributed by atoms with Crippen molar-refractivity contribution in [3.63, 3.8) is 0 Å². The van der Waals surface area contributed by atoms with E-state index in [-0.39, 0.29) is 18.4 Å². The molecule has 0 radical (unpaired) electrons. The van der Waals surface area contributed by atoms with Gasteiger partial charge in [-0.05, 0) is 18.2 Å². The molecule has 0 aliphatic carbocycles. The molecule has 0 aliphatic rings. The molecule has 2 N–H and O–H groups in total. The van der Waals surface area contributed by atoms with Crippen LogP contribution >= 0.6 is 0 Å². The van der Waals surface area contributed by atoms with Gasteiger partial charge in [0.25, 0.3) is 11.8 Å². The van der Waals surface area contributed by atoms with Crippen molar-refractivity contribution in [3.8, 4) is 0 Å². The average Bonchev–Trinajstić information content (AvgIpc) is 3.06. The molecule has 0 aromatic carbocycles. The van der Waals surface area contributed by atoms with Crippen molar-refractivity contribution < 1.29 is 18.7 Å². The maximum absolute atomic E-state index is 12.0. The Labute approximate surface area is 127 Å². The molecule has 0 bridgehead atoms. The zero-order chi connectivity index (χ0) is 15.8. The van der Waals surface area contributed by atoms with Gasteiger partial charge in [0.2, 0.25) is 0 Å². The first kappa shape index (κ1) is 15.7. The number of methoxy groups -OCH3 is 1. The van der Waals surface area contributed by atoms with Crippen LogP contribution in [0, 0.1) is 0 Å². The lowest BCUT2D eigenvalue weighted by Crippen LogP contribution is -2.28. The molecule has 0 saturated carbocycles. The summed E-state index contributed by atoms with van der Waals surface area (Å²) in [6.07, 6.45) is 4.35. The highest BCUT2D eigenvalue weighted by atomic mass is 16.5. The molecule has 0 fully saturated rings. The Morgan fingerprint density at radius 3 is 2.59 bits per heavy atom. The van der Waals surface area contributed by atoms with Gasteiger partial charge in [-0.2, -0.15) is 0 Å². The molecule has 0 saturated heterocycles. The summed E-state index contributed by atoms with van der Waals surface area (Å²) in [5, 5.41) is 5.37. The number of nitrogens with one attached hydrogen (secondary N) is 2. The van der Waals surface area contributed by atoms with Crippen LogP contribution in [0.5, 0.6) is 0 Å². The SMILES string of the molecule is COCCNC(=O)c1cncc(C(=O)NCc2ccco2)c1. The maximum atomic E-state index is 12.0. The highest BCUT2D eigenvalue weighted by Gasteiger charge is 2.11. The fraction of sp³-hybridized carbons (Fsp3) is 0.267. The standard InChI is InChI=1S/C15H17N3O4/c1-21-6-4-17-14(19)11-7-12(9-16-8-11)15(20)18-10-13-3-2-5-22-13/h2-3,5,7-9H,4,6,10H2,1H3,(H,17,19)(H,18,20). The highest BCUT2D eigenvalue weighted by Crippen LogP contribution is 2.04. The van der Waals surface area contributed by atoms with Crippen molar-refractivity contribution in [2.75, 3.05) is 20.3 Å². The zero-order valence-corrected chi connectivity index (χ0v) is 12.2. The Morgan fingerprint density at radius 2 is 1.95 bits per heavy atom. The summed E-state index contributed by atoms with van der Waals surface area (Å²) in [5.41, 5.74) is 0.632. The first-order valence-electron chi connectivity index (χ1n) is 6.73. The van der Waals surface area contributed by atoms with Gasteiger partial charge in [-0.25, -0.2) is 0 Å². The van der Waals surface area contributed by atoms with Gasteiger partial charge in [0, 0.05) is 26.0 Å². The third kappa shape index (κ3) is 4.42. The molecule has 22 heavy (non-hydrogen) atoms. The maximum Gasteiger partial charge on any atom is 0.253 e. The van der Waals surface area contributed by atoms with E-state index in [2.05, 4.69) is 15.6 Å². The smallest absolute Gasteiger partial charge is 0.253 e. The van der Waals surface area contributed by atoms with Gasteiger partial charge in [0.1, 0.15) is 5.76 Å². The summed E-state index contributed by atoms with van der Waals surface area (Å²) >= 11 is 0. The Kier molecular flexibility index (Phi) is 5.67. The number of hydrogen-bond donors (Lipinski definition) is 2. The first-order valence-corrected chi connectivity index (χ1v) is 6.73. The zero-order valence-electron chi connectivity index (χ0n) is 12.2. The summed E-state index contributed by atoms with van der Waals surface area (Å²) < 4.78 is 9.98. The van der Waals surface area contributed by atoms with Crippen LogP contribution in [0.1, 0.15) is 26.5 Å². The average molecular weight is 303 g/mol. The van der Waals surface area contributed by atoms with Gasteiger partial charge in [0.05, 0.1) is 30.5 Å². The van der Waals surface area contributed by atoms with Gasteiger partial charge >= 0.3 is 0 Å². The number of carbonyl (C=O) groups is 2. The third-order valence-electron chi connectivity index (χ3n) is 2.86. The van der Waals surface area contributed by atoms with Crippen molar-refractivity contribution in [2.45, 2.75) is 6.54 Å². The minimum absolute atomic E-state index is 0.274. The van der Waals surface area contributed by atoms with E-state index < -0.39 is 0 Å². The lowest BCUT2D eigenvalue weighted by molar-refractivity contribution is 0.0936. The number of pyridine rings is 1. The molecular formula is C15H17N3O4. The van der Waals surface area contributed by atoms with Crippen molar-refractivity contribution in [1.82, 2.24) is 15.6 Å². The number of furan rings is 1. The Bertz CT molecular complexity index is 625. The second-order valence-corrected chi connectivity index (χ2v) is 4.47. The second kappa shape index (κ2) is 7.94. The van der Waals surface area contributed by atoms with Crippen LogP contribution in [0.3, 0.4) is 0 Å². The van der Waals surface area contributed by atoms with Crippen molar-refractivity contribution in [2.24, 2.45) is 0 Å². The molecule has 2 heterocycles. The van der Waals surface area contributed by atoms with Crippen LogP contribution in [-0.4, -0.2) is 37.1 Å². The monoisotopic (exact) mass is 303 g/mol. The second-order valence-electron chi connectivity index (χ2n) is 4.47. The number of amides is 2. The molecule has 116 valence electrons. The van der Waals surface area contributed by atoms with Crippen LogP contribution in [0.4, 0.5) is 0 Å². The summed E-state index contributed by atoms with van der Waals surface area (Å²) in [5.74, 6) is 0.0236. The summed E-state index contributed by atoms with van der Waals surface area (Å²) in [7, 11) is 1.55. The summed E-state index contributed by atoms with van der Waals surface area (Å²) in [6.45, 7) is 1.09. The van der Waals surface area contributed by atoms with Crippen LogP contribution in [-0.2, 0) is 11.3 Å². The van der Waals surface area contributed by atoms with Gasteiger partial charge in [-0.15, -0.1) is 0 Å². The fourth-order valence-electron chi connectivity index (χ4n) is 1.74. The lowest BCUT2D eigenvalue weighted by Gasteiger charge is -2.06. The van der Waals surface area contributed by atoms with E-state index in [1.165, 1.54) is 24.7 Å². The first-order chi connectivity index (χ1) is 10.7. The van der Waals surface area contributed by atoms with Crippen LogP contribution in [0.15, 0.2) is 41.3 Å². The topological polar surface area (TPSA) is 93.5 Å². The minimum atomic E-state index is -0.324. The Balaban J connectivity index is 1.95. The van der Waals surface area contributed by atoms with Crippen molar-refractivity contribution in [1.29, 1.82) is 0 Å². The number of nitrogens with zero attached hydrogens (tertiary/aromatic N) is 1. The number of ether oxygens (including phenoxy) is 1. The van der Waals surface area contributed by atoms with Gasteiger partial charge < -0.3 is 19.8 Å². The van der Waals surface area contributed by atoms with E-state index in [9.17, 15) is 9.59 Å². The van der Waals surface area contributed by atoms with Crippen molar-refractivity contribution in [3.05, 3.63) is 53.7 Å². The van der Waals surface area contributed by atoms with Crippen molar-refractivity contribution >= 4 is 11.8 Å². The molecular weight excluding hydrogens is 286 g/mol. The lowest BCUT2D eigenvalue weighted by atomic mass is 10.2. The van der Waals surface area contributed by atoms with Gasteiger partial charge in [0.15, 0.2) is 0 Å². The number of hydrogen-bond acceptors (Lipinski definition) is 5. The third-order valence-corrected chi connectivity index (χ3v) is 2.86. The number of aromatic nitrogens is 1. The van der Waals surface area contributed by atoms with Crippen LogP contribution in [0.25, 0.3) is 0 Å². The van der Waals surface area contributed by atoms with E-state index in [1.54, 1.807) is 19.2 Å². The van der Waals surface area contributed by atoms with E-state index in [0.717, 1.165) is 0 Å². The van der Waals surface area contributed by atoms with Crippen LogP contribution < -0.4 is 10.6 Å². The molecule has 7 nitrogen and oxygen atoms in total. The normalized spacial score (nSPS) is 10.2. The van der Waals surface area contributed by atoms with E-state index in [1.807, 2.05) is 0 Å². The Morgan fingerprint density at radius 1 is 1.23 bits per heavy atom. The predicted molar refractivity (Wildman–Crippen MR) is 78.3 cm³/mol. The molecule has 2 amide bonds. The van der Waals surface area contributed by atoms with Gasteiger partial charge in [-0.3, -0.25) is 14.6 Å². The number of carbonyl (C=O) groups excluding carboxylic acids is 2. The predicted octanol–water partition coefficient (Wildman–Crippen LogP) is 0.981.